The van der Waals surface area contributed by atoms with E-state index in [2.05, 4.69) is 5.32 Å². The Morgan fingerprint density at radius 1 is 1.31 bits per heavy atom. The Morgan fingerprint density at radius 3 is 2.44 bits per heavy atom. The van der Waals surface area contributed by atoms with Crippen molar-refractivity contribution in [3.8, 4) is 0 Å². The average Bonchev–Trinajstić information content (AvgIpc) is 3.03. The third-order valence-corrected chi connectivity index (χ3v) is 2.67. The minimum atomic E-state index is 0.0173. The van der Waals surface area contributed by atoms with Gasteiger partial charge in [-0.15, -0.1) is 0 Å². The summed E-state index contributed by atoms with van der Waals surface area (Å²) in [5, 5.41) is 3.02. The third kappa shape index (κ3) is 2.54. The fourth-order valence-electron chi connectivity index (χ4n) is 1.71. The molecule has 3 nitrogen and oxygen atoms in total. The molecule has 0 bridgehead atoms. The smallest absolute Gasteiger partial charge is 0.322 e. The van der Waals surface area contributed by atoms with Gasteiger partial charge in [0.25, 0.3) is 0 Å². The first-order chi connectivity index (χ1) is 7.68. The van der Waals surface area contributed by atoms with Crippen LogP contribution in [0, 0.1) is 0 Å². The number of hydrogen-bond donors (Lipinski definition) is 1. The molecule has 3 heteroatoms. The van der Waals surface area contributed by atoms with E-state index >= 15 is 0 Å². The third-order valence-electron chi connectivity index (χ3n) is 2.67. The second-order valence-corrected chi connectivity index (χ2v) is 4.52. The molecule has 1 aromatic carbocycles. The summed E-state index contributed by atoms with van der Waals surface area (Å²) in [6, 6.07) is 10.4. The highest BCUT2D eigenvalue weighted by molar-refractivity contribution is 5.92. The van der Waals surface area contributed by atoms with Gasteiger partial charge in [-0.2, -0.15) is 0 Å². The van der Waals surface area contributed by atoms with Crippen LogP contribution in [0.4, 0.5) is 10.5 Å². The Bertz CT molecular complexity index is 357. The maximum Gasteiger partial charge on any atom is 0.322 e. The van der Waals surface area contributed by atoms with Gasteiger partial charge in [-0.25, -0.2) is 4.79 Å². The van der Waals surface area contributed by atoms with E-state index in [1.54, 1.807) is 4.90 Å². The van der Waals surface area contributed by atoms with Gasteiger partial charge >= 0.3 is 6.03 Å². The first-order valence-electron chi connectivity index (χ1n) is 5.83. The number of nitrogens with zero attached hydrogens (tertiary/aromatic N) is 1. The Kier molecular flexibility index (Phi) is 3.13. The molecule has 16 heavy (non-hydrogen) atoms. The van der Waals surface area contributed by atoms with Gasteiger partial charge in [-0.05, 0) is 38.8 Å². The fourth-order valence-corrected chi connectivity index (χ4v) is 1.71. The summed E-state index contributed by atoms with van der Waals surface area (Å²) in [7, 11) is 0. The van der Waals surface area contributed by atoms with Gasteiger partial charge in [-0.1, -0.05) is 18.2 Å². The van der Waals surface area contributed by atoms with Gasteiger partial charge in [0.1, 0.15) is 0 Å². The number of amides is 2. The van der Waals surface area contributed by atoms with Crippen LogP contribution in [0.3, 0.4) is 0 Å². The van der Waals surface area contributed by atoms with Crippen molar-refractivity contribution in [3.05, 3.63) is 30.3 Å². The largest absolute Gasteiger partial charge is 0.335 e. The Balaban J connectivity index is 2.12. The number of hydrogen-bond acceptors (Lipinski definition) is 1. The number of para-hydroxylation sites is 1. The molecule has 0 atom stereocenters. The maximum atomic E-state index is 12.1. The van der Waals surface area contributed by atoms with Crippen molar-refractivity contribution in [1.82, 2.24) is 5.32 Å². The van der Waals surface area contributed by atoms with Crippen molar-refractivity contribution in [2.45, 2.75) is 38.8 Å². The highest BCUT2D eigenvalue weighted by Crippen LogP contribution is 2.21. The minimum absolute atomic E-state index is 0.0173. The number of benzene rings is 1. The number of urea groups is 1. The molecular weight excluding hydrogens is 200 g/mol. The summed E-state index contributed by atoms with van der Waals surface area (Å²) >= 11 is 0. The first-order valence-corrected chi connectivity index (χ1v) is 5.83. The molecule has 0 unspecified atom stereocenters. The SMILES string of the molecule is CC(C)N(C(=O)NC1CC1)c1ccccc1. The highest BCUT2D eigenvalue weighted by atomic mass is 16.2. The normalized spacial score (nSPS) is 14.9. The topological polar surface area (TPSA) is 32.3 Å². The molecule has 2 rings (SSSR count). The molecular formula is C13H18N2O. The number of rotatable bonds is 3. The van der Waals surface area contributed by atoms with Crippen LogP contribution in [0.1, 0.15) is 26.7 Å². The van der Waals surface area contributed by atoms with Gasteiger partial charge < -0.3 is 5.32 Å². The zero-order valence-corrected chi connectivity index (χ0v) is 9.81. The lowest BCUT2D eigenvalue weighted by molar-refractivity contribution is 0.244. The van der Waals surface area contributed by atoms with Crippen molar-refractivity contribution < 1.29 is 4.79 Å². The summed E-state index contributed by atoms with van der Waals surface area (Å²) in [6.45, 7) is 4.05. The first kappa shape index (κ1) is 11.0. The predicted octanol–water partition coefficient (Wildman–Crippen LogP) is 2.77. The Hall–Kier alpha value is -1.51. The lowest BCUT2D eigenvalue weighted by Crippen LogP contribution is -2.45. The second-order valence-electron chi connectivity index (χ2n) is 4.52. The molecule has 0 radical (unpaired) electrons. The highest BCUT2D eigenvalue weighted by Gasteiger charge is 2.27. The van der Waals surface area contributed by atoms with Crippen LogP contribution < -0.4 is 10.2 Å². The average molecular weight is 218 g/mol. The Morgan fingerprint density at radius 2 is 1.94 bits per heavy atom. The maximum absolute atomic E-state index is 12.1. The molecule has 2 amide bonds. The lowest BCUT2D eigenvalue weighted by Gasteiger charge is -2.27. The van der Waals surface area contributed by atoms with E-state index in [4.69, 9.17) is 0 Å². The summed E-state index contributed by atoms with van der Waals surface area (Å²) in [5.74, 6) is 0. The van der Waals surface area contributed by atoms with E-state index in [1.165, 1.54) is 0 Å². The van der Waals surface area contributed by atoms with E-state index in [-0.39, 0.29) is 12.1 Å². The van der Waals surface area contributed by atoms with E-state index in [0.29, 0.717) is 6.04 Å². The van der Waals surface area contributed by atoms with Crippen molar-refractivity contribution in [3.63, 3.8) is 0 Å². The molecule has 1 aromatic rings. The lowest BCUT2D eigenvalue weighted by atomic mass is 10.2. The summed E-state index contributed by atoms with van der Waals surface area (Å²) in [4.78, 5) is 13.9. The van der Waals surface area contributed by atoms with Crippen LogP contribution in [-0.2, 0) is 0 Å². The van der Waals surface area contributed by atoms with E-state index < -0.39 is 0 Å². The molecule has 1 saturated carbocycles. The molecule has 1 N–H and O–H groups in total. The summed E-state index contributed by atoms with van der Waals surface area (Å²) in [6.07, 6.45) is 2.24. The van der Waals surface area contributed by atoms with E-state index in [1.807, 2.05) is 44.2 Å². The van der Waals surface area contributed by atoms with Gasteiger partial charge in [0.05, 0.1) is 0 Å². The monoisotopic (exact) mass is 218 g/mol. The Labute approximate surface area is 96.5 Å². The molecule has 86 valence electrons. The molecule has 0 saturated heterocycles. The van der Waals surface area contributed by atoms with Gasteiger partial charge in [0, 0.05) is 17.8 Å². The van der Waals surface area contributed by atoms with Gasteiger partial charge in [-0.3, -0.25) is 4.90 Å². The number of anilines is 1. The van der Waals surface area contributed by atoms with Crippen LogP contribution in [0.5, 0.6) is 0 Å². The minimum Gasteiger partial charge on any atom is -0.335 e. The summed E-state index contributed by atoms with van der Waals surface area (Å²) in [5.41, 5.74) is 0.954. The summed E-state index contributed by atoms with van der Waals surface area (Å²) < 4.78 is 0. The second kappa shape index (κ2) is 4.56. The molecule has 0 aromatic heterocycles. The predicted molar refractivity (Wildman–Crippen MR) is 65.6 cm³/mol. The van der Waals surface area contributed by atoms with Crippen molar-refractivity contribution in [1.29, 1.82) is 0 Å². The number of nitrogens with one attached hydrogen (secondary N) is 1. The van der Waals surface area contributed by atoms with Crippen LogP contribution in [-0.4, -0.2) is 18.1 Å². The zero-order valence-electron chi connectivity index (χ0n) is 9.81. The van der Waals surface area contributed by atoms with Crippen LogP contribution in [0.15, 0.2) is 30.3 Å². The van der Waals surface area contributed by atoms with Gasteiger partial charge in [0.2, 0.25) is 0 Å². The van der Waals surface area contributed by atoms with Crippen LogP contribution in [0.2, 0.25) is 0 Å². The molecule has 0 spiro atoms. The fraction of sp³-hybridized carbons (Fsp3) is 0.462. The molecule has 1 fully saturated rings. The number of carbonyl (C=O) groups is 1. The van der Waals surface area contributed by atoms with E-state index in [0.717, 1.165) is 18.5 Å². The van der Waals surface area contributed by atoms with E-state index in [9.17, 15) is 4.79 Å². The standard InChI is InChI=1S/C13H18N2O/c1-10(2)15(12-6-4-3-5-7-12)13(16)14-11-8-9-11/h3-7,10-11H,8-9H2,1-2H3,(H,14,16). The molecule has 0 aliphatic heterocycles. The quantitative estimate of drug-likeness (QED) is 0.831. The van der Waals surface area contributed by atoms with Crippen LogP contribution in [0.25, 0.3) is 0 Å². The zero-order chi connectivity index (χ0) is 11.5. The number of carbonyl (C=O) groups excluding carboxylic acids is 1. The van der Waals surface area contributed by atoms with Crippen molar-refractivity contribution in [2.75, 3.05) is 4.90 Å². The van der Waals surface area contributed by atoms with Crippen molar-refractivity contribution in [2.24, 2.45) is 0 Å². The van der Waals surface area contributed by atoms with Crippen molar-refractivity contribution >= 4 is 11.7 Å². The molecule has 0 heterocycles. The van der Waals surface area contributed by atoms with Gasteiger partial charge in [0.15, 0.2) is 0 Å². The molecule has 1 aliphatic carbocycles. The van der Waals surface area contributed by atoms with Crippen LogP contribution >= 0.6 is 0 Å². The molecule has 1 aliphatic rings.